The molecule has 1 fully saturated rings. The van der Waals surface area contributed by atoms with Gasteiger partial charge in [0.2, 0.25) is 0 Å². The van der Waals surface area contributed by atoms with Crippen LogP contribution in [0.15, 0.2) is 72.8 Å². The number of nitrogens with zero attached hydrogens (tertiary/aromatic N) is 2. The summed E-state index contributed by atoms with van der Waals surface area (Å²) in [6.07, 6.45) is -1.41. The minimum Gasteiger partial charge on any atom is -0.445 e. The van der Waals surface area contributed by atoms with Gasteiger partial charge in [-0.05, 0) is 41.5 Å². The van der Waals surface area contributed by atoms with Gasteiger partial charge in [0.15, 0.2) is 0 Å². The van der Waals surface area contributed by atoms with E-state index in [0.29, 0.717) is 11.6 Å². The van der Waals surface area contributed by atoms with Crippen LogP contribution in [0.2, 0.25) is 5.02 Å². The van der Waals surface area contributed by atoms with Gasteiger partial charge in [0, 0.05) is 30.2 Å². The summed E-state index contributed by atoms with van der Waals surface area (Å²) >= 11 is 5.99. The number of hydrogen-bond donors (Lipinski definition) is 1. The highest BCUT2D eigenvalue weighted by Gasteiger charge is 2.38. The number of aliphatic hydroxyl groups is 1. The molecule has 1 saturated heterocycles. The average molecular weight is 487 g/mol. The van der Waals surface area contributed by atoms with Gasteiger partial charge in [-0.2, -0.15) is 0 Å². The summed E-state index contributed by atoms with van der Waals surface area (Å²) in [5.41, 5.74) is 1.92. The lowest BCUT2D eigenvalue weighted by atomic mass is 10.1. The Kier molecular flexibility index (Phi) is 7.77. The summed E-state index contributed by atoms with van der Waals surface area (Å²) < 4.78 is 33.6. The standard InChI is InChI=1S/C26H25ClF2N2O3/c27-21-8-6-18(7-9-21)13-30(14-20-12-22(28)10-11-23(20)29)24-15-31(16-25(24)32)26(33)34-17-19-4-2-1-3-5-19/h1-12,24-25,32H,13-17H2/t24-,25-/m1/s1. The van der Waals surface area contributed by atoms with Crippen molar-refractivity contribution >= 4 is 17.7 Å². The van der Waals surface area contributed by atoms with Gasteiger partial charge >= 0.3 is 6.09 Å². The summed E-state index contributed by atoms with van der Waals surface area (Å²) in [6.45, 7) is 0.808. The molecular weight excluding hydrogens is 462 g/mol. The van der Waals surface area contributed by atoms with E-state index in [9.17, 15) is 18.7 Å². The summed E-state index contributed by atoms with van der Waals surface area (Å²) in [7, 11) is 0. The molecule has 0 unspecified atom stereocenters. The van der Waals surface area contributed by atoms with Crippen molar-refractivity contribution in [1.82, 2.24) is 9.80 Å². The number of benzene rings is 3. The molecule has 5 nitrogen and oxygen atoms in total. The molecule has 2 atom stereocenters. The fourth-order valence-corrected chi connectivity index (χ4v) is 4.21. The molecule has 0 saturated carbocycles. The highest BCUT2D eigenvalue weighted by Crippen LogP contribution is 2.24. The summed E-state index contributed by atoms with van der Waals surface area (Å²) in [5, 5.41) is 11.4. The zero-order valence-corrected chi connectivity index (χ0v) is 19.2. The Bertz CT molecular complexity index is 1110. The van der Waals surface area contributed by atoms with Crippen molar-refractivity contribution in [3.63, 3.8) is 0 Å². The number of amides is 1. The summed E-state index contributed by atoms with van der Waals surface area (Å²) in [4.78, 5) is 15.9. The van der Waals surface area contributed by atoms with E-state index in [4.69, 9.17) is 16.3 Å². The highest BCUT2D eigenvalue weighted by molar-refractivity contribution is 6.30. The first-order valence-electron chi connectivity index (χ1n) is 10.9. The fraction of sp³-hybridized carbons (Fsp3) is 0.269. The molecule has 1 aliphatic heterocycles. The minimum atomic E-state index is -0.881. The molecule has 0 aromatic heterocycles. The van der Waals surface area contributed by atoms with Gasteiger partial charge in [-0.1, -0.05) is 54.1 Å². The third-order valence-electron chi connectivity index (χ3n) is 5.87. The van der Waals surface area contributed by atoms with E-state index < -0.39 is 29.9 Å². The van der Waals surface area contributed by atoms with E-state index in [1.807, 2.05) is 47.4 Å². The van der Waals surface area contributed by atoms with Crippen LogP contribution in [0, 0.1) is 11.6 Å². The van der Waals surface area contributed by atoms with Crippen LogP contribution in [0.25, 0.3) is 0 Å². The number of aliphatic hydroxyl groups excluding tert-OH is 1. The first-order chi connectivity index (χ1) is 16.4. The number of carbonyl (C=O) groups is 1. The molecule has 178 valence electrons. The van der Waals surface area contributed by atoms with Crippen molar-refractivity contribution in [2.24, 2.45) is 0 Å². The smallest absolute Gasteiger partial charge is 0.410 e. The molecule has 1 aliphatic rings. The van der Waals surface area contributed by atoms with E-state index in [2.05, 4.69) is 0 Å². The minimum absolute atomic E-state index is 0.0564. The van der Waals surface area contributed by atoms with Crippen LogP contribution in [-0.2, 0) is 24.4 Å². The van der Waals surface area contributed by atoms with Crippen LogP contribution in [0.1, 0.15) is 16.7 Å². The number of likely N-dealkylation sites (tertiary alicyclic amines) is 1. The van der Waals surface area contributed by atoms with Crippen LogP contribution in [0.3, 0.4) is 0 Å². The Balaban J connectivity index is 1.49. The predicted octanol–water partition coefficient (Wildman–Crippen LogP) is 5.00. The molecule has 34 heavy (non-hydrogen) atoms. The normalized spacial score (nSPS) is 17.9. The van der Waals surface area contributed by atoms with Crippen molar-refractivity contribution in [1.29, 1.82) is 0 Å². The maximum atomic E-state index is 14.4. The molecule has 8 heteroatoms. The Morgan fingerprint density at radius 2 is 1.74 bits per heavy atom. The number of β-amino-alcohol motifs (C(OH)–C–C–N with tert-alkyl or cyclic N) is 1. The molecule has 3 aromatic rings. The van der Waals surface area contributed by atoms with Gasteiger partial charge in [-0.25, -0.2) is 13.6 Å². The SMILES string of the molecule is O=C(OCc1ccccc1)N1C[C@@H](O)[C@H](N(Cc2ccc(Cl)cc2)Cc2cc(F)ccc2F)C1. The molecule has 3 aromatic carbocycles. The van der Waals surface area contributed by atoms with E-state index >= 15 is 0 Å². The molecule has 0 spiro atoms. The van der Waals surface area contributed by atoms with Gasteiger partial charge in [-0.3, -0.25) is 4.90 Å². The summed E-state index contributed by atoms with van der Waals surface area (Å²) in [6, 6.07) is 19.3. The third-order valence-corrected chi connectivity index (χ3v) is 6.12. The van der Waals surface area contributed by atoms with Crippen LogP contribution in [-0.4, -0.2) is 46.2 Å². The molecule has 4 rings (SSSR count). The Hall–Kier alpha value is -3.00. The highest BCUT2D eigenvalue weighted by atomic mass is 35.5. The summed E-state index contributed by atoms with van der Waals surface area (Å²) in [5.74, 6) is -1.07. The van der Waals surface area contributed by atoms with Gasteiger partial charge < -0.3 is 14.7 Å². The second kappa shape index (κ2) is 11.0. The second-order valence-corrected chi connectivity index (χ2v) is 8.78. The van der Waals surface area contributed by atoms with Crippen molar-refractivity contribution in [2.45, 2.75) is 31.8 Å². The van der Waals surface area contributed by atoms with E-state index in [1.54, 1.807) is 12.1 Å². The zero-order chi connectivity index (χ0) is 24.1. The molecular formula is C26H25ClF2N2O3. The average Bonchev–Trinajstić information content (AvgIpc) is 3.23. The van der Waals surface area contributed by atoms with Crippen molar-refractivity contribution in [2.75, 3.05) is 13.1 Å². The Morgan fingerprint density at radius 1 is 1.00 bits per heavy atom. The number of hydrogen-bond acceptors (Lipinski definition) is 4. The molecule has 0 bridgehead atoms. The van der Waals surface area contributed by atoms with E-state index in [0.717, 1.165) is 29.3 Å². The van der Waals surface area contributed by atoms with Crippen LogP contribution >= 0.6 is 11.6 Å². The van der Waals surface area contributed by atoms with Gasteiger partial charge in [0.25, 0.3) is 0 Å². The third kappa shape index (κ3) is 6.11. The van der Waals surface area contributed by atoms with Gasteiger partial charge in [0.1, 0.15) is 18.2 Å². The van der Waals surface area contributed by atoms with Crippen molar-refractivity contribution < 1.29 is 23.4 Å². The monoisotopic (exact) mass is 486 g/mol. The number of rotatable bonds is 7. The topological polar surface area (TPSA) is 53.0 Å². The van der Waals surface area contributed by atoms with E-state index in [1.165, 1.54) is 4.90 Å². The molecule has 1 heterocycles. The molecule has 0 aliphatic carbocycles. The molecule has 0 radical (unpaired) electrons. The Labute approximate surface area is 202 Å². The Morgan fingerprint density at radius 3 is 2.47 bits per heavy atom. The number of halogens is 3. The quantitative estimate of drug-likeness (QED) is 0.510. The lowest BCUT2D eigenvalue weighted by Gasteiger charge is -2.31. The maximum absolute atomic E-state index is 14.4. The van der Waals surface area contributed by atoms with Gasteiger partial charge in [-0.15, -0.1) is 0 Å². The van der Waals surface area contributed by atoms with Crippen molar-refractivity contribution in [3.05, 3.63) is 106 Å². The van der Waals surface area contributed by atoms with Crippen LogP contribution in [0.4, 0.5) is 13.6 Å². The molecule has 1 amide bonds. The van der Waals surface area contributed by atoms with Crippen molar-refractivity contribution in [3.8, 4) is 0 Å². The number of ether oxygens (including phenoxy) is 1. The molecule has 1 N–H and O–H groups in total. The first kappa shape index (κ1) is 24.1. The fourth-order valence-electron chi connectivity index (χ4n) is 4.09. The number of carbonyl (C=O) groups excluding carboxylic acids is 1. The second-order valence-electron chi connectivity index (χ2n) is 8.35. The zero-order valence-electron chi connectivity index (χ0n) is 18.4. The maximum Gasteiger partial charge on any atom is 0.410 e. The first-order valence-corrected chi connectivity index (χ1v) is 11.3. The van der Waals surface area contributed by atoms with Crippen LogP contribution < -0.4 is 0 Å². The van der Waals surface area contributed by atoms with E-state index in [-0.39, 0.29) is 31.8 Å². The van der Waals surface area contributed by atoms with Gasteiger partial charge in [0.05, 0.1) is 18.7 Å². The largest absolute Gasteiger partial charge is 0.445 e. The van der Waals surface area contributed by atoms with Crippen LogP contribution in [0.5, 0.6) is 0 Å². The lowest BCUT2D eigenvalue weighted by Crippen LogP contribution is -2.42. The predicted molar refractivity (Wildman–Crippen MR) is 125 cm³/mol. The lowest BCUT2D eigenvalue weighted by molar-refractivity contribution is 0.0720.